The predicted octanol–water partition coefficient (Wildman–Crippen LogP) is 4.61. The molecular formula is C10H28VY-2. The maximum atomic E-state index is 3.64. The molecule has 0 aliphatic carbocycles. The molecule has 2 heteroatoms. The Balaban J connectivity index is -0.00000000597. The van der Waals surface area contributed by atoms with E-state index in [0.29, 0.717) is 5.92 Å². The van der Waals surface area contributed by atoms with Gasteiger partial charge in [0.15, 0.2) is 0 Å². The number of hydrogen-bond donors (Lipinski definition) is 0. The first-order valence-corrected chi connectivity index (χ1v) is 2.72. The zero-order valence-electron chi connectivity index (χ0n) is 6.89. The summed E-state index contributed by atoms with van der Waals surface area (Å²) in [6.07, 6.45) is 2.00. The second-order valence-corrected chi connectivity index (χ2v) is 1.97. The fourth-order valence-corrected chi connectivity index (χ4v) is 0. The average Bonchev–Trinajstić information content (AvgIpc) is 1.33. The molecule has 2 radical (unpaired) electrons. The van der Waals surface area contributed by atoms with Crippen LogP contribution in [0.3, 0.4) is 0 Å². The molecule has 0 aliphatic rings. The van der Waals surface area contributed by atoms with Crippen LogP contribution in [0.1, 0.15) is 50.0 Å². The molecule has 0 aromatic heterocycles. The van der Waals surface area contributed by atoms with Gasteiger partial charge in [0.2, 0.25) is 0 Å². The largest absolute Gasteiger partial charge is 0.341 e. The molecule has 0 bridgehead atoms. The Labute approximate surface area is 119 Å². The first kappa shape index (κ1) is 49.3. The topological polar surface area (TPSA) is 0 Å². The van der Waals surface area contributed by atoms with Crippen LogP contribution < -0.4 is 0 Å². The van der Waals surface area contributed by atoms with Crippen LogP contribution in [-0.2, 0) is 51.3 Å². The van der Waals surface area contributed by atoms with Crippen molar-refractivity contribution >= 4 is 0 Å². The summed E-state index contributed by atoms with van der Waals surface area (Å²) >= 11 is 0. The van der Waals surface area contributed by atoms with Crippen molar-refractivity contribution < 1.29 is 51.3 Å². The summed E-state index contributed by atoms with van der Waals surface area (Å²) in [5, 5.41) is 0. The average molecular weight is 288 g/mol. The van der Waals surface area contributed by atoms with Crippen LogP contribution in [0.5, 0.6) is 0 Å². The molecule has 0 unspecified atom stereocenters. The van der Waals surface area contributed by atoms with Gasteiger partial charge in [-0.05, 0) is 0 Å². The third kappa shape index (κ3) is 468. The predicted molar refractivity (Wildman–Crippen MR) is 56.0 cm³/mol. The van der Waals surface area contributed by atoms with Gasteiger partial charge in [0.05, 0.1) is 0 Å². The minimum Gasteiger partial charge on any atom is -0.341 e. The van der Waals surface area contributed by atoms with Crippen molar-refractivity contribution in [1.82, 2.24) is 0 Å². The van der Waals surface area contributed by atoms with Gasteiger partial charge >= 0.3 is 0 Å². The molecule has 0 nitrogen and oxygen atoms in total. The van der Waals surface area contributed by atoms with E-state index in [0.717, 1.165) is 0 Å². The molecular weight excluding hydrogens is 260 g/mol. The van der Waals surface area contributed by atoms with E-state index in [9.17, 15) is 0 Å². The summed E-state index contributed by atoms with van der Waals surface area (Å²) in [7, 11) is 0. The van der Waals surface area contributed by atoms with E-state index in [4.69, 9.17) is 0 Å². The molecule has 0 rings (SSSR count). The van der Waals surface area contributed by atoms with E-state index in [1.807, 2.05) is 20.3 Å². The van der Waals surface area contributed by atoms with Crippen LogP contribution in [0.4, 0.5) is 0 Å². The van der Waals surface area contributed by atoms with Crippen molar-refractivity contribution in [3.63, 3.8) is 0 Å². The molecule has 0 heterocycles. The summed E-state index contributed by atoms with van der Waals surface area (Å²) in [6.45, 7) is 11.8. The Kier molecular flexibility index (Phi) is 220. The Bertz CT molecular complexity index is 21.0. The van der Waals surface area contributed by atoms with Gasteiger partial charge in [0.25, 0.3) is 0 Å². The third-order valence-corrected chi connectivity index (χ3v) is 0. The van der Waals surface area contributed by atoms with Crippen molar-refractivity contribution in [2.75, 3.05) is 0 Å². The quantitative estimate of drug-likeness (QED) is 0.571. The maximum Gasteiger partial charge on any atom is 0 e. The SMILES string of the molecule is C.C.C.C[CH-]C.[CH2-]C(C)C.[V].[Y]. The van der Waals surface area contributed by atoms with Gasteiger partial charge in [-0.25, -0.2) is 0 Å². The Morgan fingerprint density at radius 2 is 1.00 bits per heavy atom. The second-order valence-electron chi connectivity index (χ2n) is 1.97. The minimum atomic E-state index is 0. The molecule has 0 N–H and O–H groups in total. The van der Waals surface area contributed by atoms with E-state index in [1.165, 1.54) is 0 Å². The summed E-state index contributed by atoms with van der Waals surface area (Å²) in [4.78, 5) is 0. The minimum absolute atomic E-state index is 0. The zero-order valence-corrected chi connectivity index (χ0v) is 11.1. The number of hydrogen-bond acceptors (Lipinski definition) is 0. The molecule has 0 aromatic carbocycles. The van der Waals surface area contributed by atoms with Crippen LogP contribution in [-0.4, -0.2) is 0 Å². The summed E-state index contributed by atoms with van der Waals surface area (Å²) in [6, 6.07) is 0. The van der Waals surface area contributed by atoms with Gasteiger partial charge in [-0.3, -0.25) is 0 Å². The molecule has 0 saturated heterocycles. The second kappa shape index (κ2) is 53.6. The molecule has 0 amide bonds. The third-order valence-electron chi connectivity index (χ3n) is 0. The molecule has 12 heavy (non-hydrogen) atoms. The Morgan fingerprint density at radius 1 is 1.00 bits per heavy atom. The summed E-state index contributed by atoms with van der Waals surface area (Å²) in [5.41, 5.74) is 0. The van der Waals surface area contributed by atoms with Crippen LogP contribution >= 0.6 is 0 Å². The standard InChI is InChI=1S/C4H9.C3H7.3CH4.V.Y/c1-4(2)3;1-3-2;;;;;/h4H,1H2,2-3H3;3H,1-2H3;3*1H4;;/q2*-1;;;;;. The van der Waals surface area contributed by atoms with Crippen molar-refractivity contribution in [2.24, 2.45) is 5.92 Å². The fraction of sp³-hybridized carbons (Fsp3) is 0.800. The molecule has 0 fully saturated rings. The fourth-order valence-electron chi connectivity index (χ4n) is 0. The van der Waals surface area contributed by atoms with Gasteiger partial charge in [0, 0.05) is 51.3 Å². The van der Waals surface area contributed by atoms with Crippen LogP contribution in [0, 0.1) is 19.3 Å². The van der Waals surface area contributed by atoms with E-state index in [2.05, 4.69) is 20.8 Å². The molecule has 0 atom stereocenters. The van der Waals surface area contributed by atoms with E-state index in [-0.39, 0.29) is 73.5 Å². The zero-order chi connectivity index (χ0) is 6.28. The van der Waals surface area contributed by atoms with E-state index < -0.39 is 0 Å². The molecule has 0 spiro atoms. The Hall–Kier alpha value is 1.69. The van der Waals surface area contributed by atoms with Crippen LogP contribution in [0.25, 0.3) is 0 Å². The van der Waals surface area contributed by atoms with Crippen LogP contribution in [0.15, 0.2) is 0 Å². The van der Waals surface area contributed by atoms with Crippen molar-refractivity contribution in [2.45, 2.75) is 50.0 Å². The first-order chi connectivity index (χ1) is 3.15. The monoisotopic (exact) mass is 288 g/mol. The van der Waals surface area contributed by atoms with Gasteiger partial charge in [-0.2, -0.15) is 19.8 Å². The summed E-state index contributed by atoms with van der Waals surface area (Å²) < 4.78 is 0. The van der Waals surface area contributed by atoms with Gasteiger partial charge in [0.1, 0.15) is 0 Å². The van der Waals surface area contributed by atoms with Crippen molar-refractivity contribution in [3.05, 3.63) is 13.3 Å². The Morgan fingerprint density at radius 3 is 1.00 bits per heavy atom. The van der Waals surface area contributed by atoms with Crippen LogP contribution in [0.2, 0.25) is 0 Å². The number of rotatable bonds is 0. The van der Waals surface area contributed by atoms with Gasteiger partial charge < -0.3 is 13.3 Å². The van der Waals surface area contributed by atoms with E-state index in [1.54, 1.807) is 0 Å². The molecule has 78 valence electrons. The first-order valence-electron chi connectivity index (χ1n) is 2.72. The molecule has 0 aromatic rings. The molecule has 0 saturated carbocycles. The van der Waals surface area contributed by atoms with Gasteiger partial charge in [-0.15, -0.1) is 0 Å². The normalized spacial score (nSPS) is 4.50. The van der Waals surface area contributed by atoms with Gasteiger partial charge in [-0.1, -0.05) is 36.1 Å². The summed E-state index contributed by atoms with van der Waals surface area (Å²) in [5.74, 6) is 0.583. The van der Waals surface area contributed by atoms with Crippen molar-refractivity contribution in [1.29, 1.82) is 0 Å². The smallest absolute Gasteiger partial charge is 0 e. The maximum absolute atomic E-state index is 3.64. The van der Waals surface area contributed by atoms with Crippen molar-refractivity contribution in [3.8, 4) is 0 Å². The molecule has 0 aliphatic heterocycles. The van der Waals surface area contributed by atoms with E-state index >= 15 is 0 Å².